The Kier molecular flexibility index (Phi) is 4.87. The maximum absolute atomic E-state index is 12.5. The summed E-state index contributed by atoms with van der Waals surface area (Å²) in [5, 5.41) is 12.9. The van der Waals surface area contributed by atoms with Gasteiger partial charge in [-0.15, -0.1) is 0 Å². The SMILES string of the molecule is O=C(NC1CC(O)C1)C1CCCN(C(=O)c2ccc(Cl)cc2)C1. The Hall–Kier alpha value is -1.59. The van der Waals surface area contributed by atoms with Crippen LogP contribution in [0.25, 0.3) is 0 Å². The first kappa shape index (κ1) is 16.3. The van der Waals surface area contributed by atoms with Crippen molar-refractivity contribution in [1.29, 1.82) is 0 Å². The Bertz CT molecular complexity index is 584. The Morgan fingerprint density at radius 1 is 1.22 bits per heavy atom. The van der Waals surface area contributed by atoms with Crippen molar-refractivity contribution in [1.82, 2.24) is 10.2 Å². The van der Waals surface area contributed by atoms with Crippen LogP contribution < -0.4 is 5.32 Å². The maximum Gasteiger partial charge on any atom is 0.253 e. The molecule has 0 aromatic heterocycles. The minimum absolute atomic E-state index is 0.00416. The first-order valence-corrected chi connectivity index (χ1v) is 8.44. The van der Waals surface area contributed by atoms with Gasteiger partial charge in [0.25, 0.3) is 5.91 Å². The van der Waals surface area contributed by atoms with Crippen molar-refractivity contribution in [2.45, 2.75) is 37.8 Å². The molecule has 1 heterocycles. The number of amides is 2. The van der Waals surface area contributed by atoms with Gasteiger partial charge in [0.05, 0.1) is 12.0 Å². The first-order chi connectivity index (χ1) is 11.0. The number of piperidine rings is 1. The molecular formula is C17H21ClN2O3. The van der Waals surface area contributed by atoms with Crippen LogP contribution in [0.3, 0.4) is 0 Å². The fourth-order valence-corrected chi connectivity index (χ4v) is 3.30. The highest BCUT2D eigenvalue weighted by Gasteiger charge is 2.33. The van der Waals surface area contributed by atoms with E-state index in [0.717, 1.165) is 12.8 Å². The van der Waals surface area contributed by atoms with Crippen molar-refractivity contribution in [3.8, 4) is 0 Å². The lowest BCUT2D eigenvalue weighted by Gasteiger charge is -2.36. The third-order valence-corrected chi connectivity index (χ3v) is 4.88. The second-order valence-electron chi connectivity index (χ2n) is 6.43. The van der Waals surface area contributed by atoms with Gasteiger partial charge in [-0.3, -0.25) is 9.59 Å². The van der Waals surface area contributed by atoms with Crippen molar-refractivity contribution in [2.75, 3.05) is 13.1 Å². The lowest BCUT2D eigenvalue weighted by molar-refractivity contribution is -0.128. The molecule has 1 saturated carbocycles. The smallest absolute Gasteiger partial charge is 0.253 e. The molecule has 3 rings (SSSR count). The van der Waals surface area contributed by atoms with Crippen LogP contribution in [-0.2, 0) is 4.79 Å². The number of carbonyl (C=O) groups excluding carboxylic acids is 2. The molecule has 1 aliphatic heterocycles. The molecule has 0 radical (unpaired) electrons. The van der Waals surface area contributed by atoms with Gasteiger partial charge >= 0.3 is 0 Å². The molecule has 5 nitrogen and oxygen atoms in total. The van der Waals surface area contributed by atoms with Gasteiger partial charge in [-0.1, -0.05) is 11.6 Å². The summed E-state index contributed by atoms with van der Waals surface area (Å²) in [6, 6.07) is 6.91. The second kappa shape index (κ2) is 6.89. The molecule has 2 amide bonds. The van der Waals surface area contributed by atoms with E-state index in [2.05, 4.69) is 5.32 Å². The number of nitrogens with zero attached hydrogens (tertiary/aromatic N) is 1. The molecule has 1 aromatic carbocycles. The van der Waals surface area contributed by atoms with Gasteiger partial charge in [-0.2, -0.15) is 0 Å². The molecule has 124 valence electrons. The average molecular weight is 337 g/mol. The Balaban J connectivity index is 1.58. The standard InChI is InChI=1S/C17H21ClN2O3/c18-13-5-3-11(4-6-13)17(23)20-7-1-2-12(10-20)16(22)19-14-8-15(21)9-14/h3-6,12,14-15,21H,1-2,7-10H2,(H,19,22). The van der Waals surface area contributed by atoms with Crippen LogP contribution >= 0.6 is 11.6 Å². The summed E-state index contributed by atoms with van der Waals surface area (Å²) in [5.74, 6) is -0.230. The van der Waals surface area contributed by atoms with Crippen molar-refractivity contribution in [3.63, 3.8) is 0 Å². The fourth-order valence-electron chi connectivity index (χ4n) is 3.18. The number of likely N-dealkylation sites (tertiary alicyclic amines) is 1. The van der Waals surface area contributed by atoms with Crippen LogP contribution in [-0.4, -0.2) is 47.1 Å². The van der Waals surface area contributed by atoms with Gasteiger partial charge in [0.2, 0.25) is 5.91 Å². The Morgan fingerprint density at radius 2 is 1.91 bits per heavy atom. The van der Waals surface area contributed by atoms with Crippen molar-refractivity contribution in [2.24, 2.45) is 5.92 Å². The highest BCUT2D eigenvalue weighted by molar-refractivity contribution is 6.30. The molecule has 2 N–H and O–H groups in total. The van der Waals surface area contributed by atoms with Gasteiger partial charge in [0.1, 0.15) is 0 Å². The van der Waals surface area contributed by atoms with Gasteiger partial charge in [-0.25, -0.2) is 0 Å². The highest BCUT2D eigenvalue weighted by Crippen LogP contribution is 2.23. The number of nitrogens with one attached hydrogen (secondary N) is 1. The van der Waals surface area contributed by atoms with Crippen LogP contribution in [0.4, 0.5) is 0 Å². The number of carbonyl (C=O) groups is 2. The molecule has 2 aliphatic rings. The van der Waals surface area contributed by atoms with E-state index in [4.69, 9.17) is 11.6 Å². The van der Waals surface area contributed by atoms with Crippen LogP contribution in [0, 0.1) is 5.92 Å². The summed E-state index contributed by atoms with van der Waals surface area (Å²) < 4.78 is 0. The zero-order chi connectivity index (χ0) is 16.4. The lowest BCUT2D eigenvalue weighted by atomic mass is 9.88. The van der Waals surface area contributed by atoms with Crippen LogP contribution in [0.5, 0.6) is 0 Å². The Labute approximate surface area is 140 Å². The second-order valence-corrected chi connectivity index (χ2v) is 6.86. The number of benzene rings is 1. The van der Waals surface area contributed by atoms with E-state index in [1.807, 2.05) is 0 Å². The minimum atomic E-state index is -0.283. The van der Waals surface area contributed by atoms with Gasteiger partial charge in [0, 0.05) is 29.7 Å². The fraction of sp³-hybridized carbons (Fsp3) is 0.529. The van der Waals surface area contributed by atoms with E-state index in [9.17, 15) is 14.7 Å². The molecule has 1 aromatic rings. The number of aliphatic hydroxyl groups is 1. The molecule has 1 aliphatic carbocycles. The van der Waals surface area contributed by atoms with E-state index in [1.54, 1.807) is 29.2 Å². The van der Waals surface area contributed by atoms with Gasteiger partial charge in [0.15, 0.2) is 0 Å². The monoisotopic (exact) mass is 336 g/mol. The summed E-state index contributed by atoms with van der Waals surface area (Å²) in [6.45, 7) is 1.12. The van der Waals surface area contributed by atoms with Crippen molar-refractivity contribution < 1.29 is 14.7 Å². The summed E-state index contributed by atoms with van der Waals surface area (Å²) in [4.78, 5) is 26.6. The number of hydrogen-bond acceptors (Lipinski definition) is 3. The van der Waals surface area contributed by atoms with E-state index in [0.29, 0.717) is 36.5 Å². The van der Waals surface area contributed by atoms with Crippen LogP contribution in [0.1, 0.15) is 36.0 Å². The average Bonchev–Trinajstić information content (AvgIpc) is 2.53. The molecule has 2 fully saturated rings. The third-order valence-electron chi connectivity index (χ3n) is 4.63. The largest absolute Gasteiger partial charge is 0.393 e. The molecule has 1 unspecified atom stereocenters. The summed E-state index contributed by atoms with van der Waals surface area (Å²) in [5.41, 5.74) is 0.595. The highest BCUT2D eigenvalue weighted by atomic mass is 35.5. The molecule has 23 heavy (non-hydrogen) atoms. The van der Waals surface area contributed by atoms with Crippen molar-refractivity contribution in [3.05, 3.63) is 34.9 Å². The number of aliphatic hydroxyl groups excluding tert-OH is 1. The number of rotatable bonds is 3. The molecule has 0 bridgehead atoms. The van der Waals surface area contributed by atoms with Crippen LogP contribution in [0.2, 0.25) is 5.02 Å². The third kappa shape index (κ3) is 3.85. The minimum Gasteiger partial charge on any atom is -0.393 e. The number of hydrogen-bond donors (Lipinski definition) is 2. The van der Waals surface area contributed by atoms with Gasteiger partial charge in [-0.05, 0) is 49.9 Å². The molecule has 1 saturated heterocycles. The van der Waals surface area contributed by atoms with E-state index < -0.39 is 0 Å². The lowest BCUT2D eigenvalue weighted by Crippen LogP contribution is -2.51. The molecular weight excluding hydrogens is 316 g/mol. The zero-order valence-corrected chi connectivity index (χ0v) is 13.6. The van der Waals surface area contributed by atoms with Crippen LogP contribution in [0.15, 0.2) is 24.3 Å². The summed E-state index contributed by atoms with van der Waals surface area (Å²) >= 11 is 5.85. The molecule has 6 heteroatoms. The summed E-state index contributed by atoms with van der Waals surface area (Å²) in [7, 11) is 0. The van der Waals surface area contributed by atoms with Crippen molar-refractivity contribution >= 4 is 23.4 Å². The predicted molar refractivity (Wildman–Crippen MR) is 87.3 cm³/mol. The predicted octanol–water partition coefficient (Wildman–Crippen LogP) is 1.83. The first-order valence-electron chi connectivity index (χ1n) is 8.06. The molecule has 0 spiro atoms. The van der Waals surface area contributed by atoms with E-state index in [-0.39, 0.29) is 29.9 Å². The van der Waals surface area contributed by atoms with E-state index >= 15 is 0 Å². The van der Waals surface area contributed by atoms with Gasteiger partial charge < -0.3 is 15.3 Å². The number of halogens is 1. The Morgan fingerprint density at radius 3 is 2.57 bits per heavy atom. The molecule has 1 atom stereocenters. The van der Waals surface area contributed by atoms with E-state index in [1.165, 1.54) is 0 Å². The summed E-state index contributed by atoms with van der Waals surface area (Å²) in [6.07, 6.45) is 2.60. The topological polar surface area (TPSA) is 69.6 Å². The quantitative estimate of drug-likeness (QED) is 0.884. The zero-order valence-electron chi connectivity index (χ0n) is 12.9. The normalized spacial score (nSPS) is 27.2. The maximum atomic E-state index is 12.5.